The number of esters is 1. The van der Waals surface area contributed by atoms with E-state index in [0.717, 1.165) is 10.6 Å². The number of nitrogens with one attached hydrogen (secondary N) is 1. The van der Waals surface area contributed by atoms with Crippen molar-refractivity contribution in [2.45, 2.75) is 24.3 Å². The Balaban J connectivity index is 1.58. The molecule has 0 aromatic heterocycles. The molecule has 0 spiro atoms. The van der Waals surface area contributed by atoms with E-state index in [1.54, 1.807) is 40.9 Å². The van der Waals surface area contributed by atoms with Gasteiger partial charge in [-0.15, -0.1) is 11.8 Å². The molecule has 1 heterocycles. The van der Waals surface area contributed by atoms with Gasteiger partial charge in [-0.05, 0) is 43.5 Å². The third-order valence-corrected chi connectivity index (χ3v) is 5.25. The summed E-state index contributed by atoms with van der Waals surface area (Å²) < 4.78 is 5.31. The Hall–Kier alpha value is -2.80. The molecule has 7 heteroatoms. The fourth-order valence-corrected chi connectivity index (χ4v) is 3.44. The average molecular weight is 398 g/mol. The van der Waals surface area contributed by atoms with Crippen molar-refractivity contribution in [1.82, 2.24) is 0 Å². The van der Waals surface area contributed by atoms with Gasteiger partial charge in [0.1, 0.15) is 0 Å². The van der Waals surface area contributed by atoms with Gasteiger partial charge in [0, 0.05) is 29.2 Å². The van der Waals surface area contributed by atoms with Gasteiger partial charge in [-0.1, -0.05) is 24.3 Å². The van der Waals surface area contributed by atoms with Crippen molar-refractivity contribution >= 4 is 40.9 Å². The maximum atomic E-state index is 12.5. The number of rotatable bonds is 6. The van der Waals surface area contributed by atoms with Crippen LogP contribution in [0.3, 0.4) is 0 Å². The SMILES string of the molecule is CSc1cccc(N2C[C@H](C(=O)O[C@H](C)C(=O)Nc3ccccc3)CC2=O)c1. The van der Waals surface area contributed by atoms with E-state index in [9.17, 15) is 14.4 Å². The molecular weight excluding hydrogens is 376 g/mol. The van der Waals surface area contributed by atoms with Gasteiger partial charge in [-0.2, -0.15) is 0 Å². The van der Waals surface area contributed by atoms with Crippen LogP contribution in [0, 0.1) is 5.92 Å². The molecule has 146 valence electrons. The second kappa shape index (κ2) is 8.93. The Bertz CT molecular complexity index is 872. The van der Waals surface area contributed by atoms with Crippen molar-refractivity contribution in [2.24, 2.45) is 5.92 Å². The molecule has 2 aromatic rings. The molecule has 1 N–H and O–H groups in total. The molecule has 0 unspecified atom stereocenters. The number of para-hydroxylation sites is 1. The molecule has 0 bridgehead atoms. The zero-order valence-electron chi connectivity index (χ0n) is 15.8. The number of thioether (sulfide) groups is 1. The minimum atomic E-state index is -0.948. The lowest BCUT2D eigenvalue weighted by Gasteiger charge is -2.18. The molecule has 2 amide bonds. The monoisotopic (exact) mass is 398 g/mol. The van der Waals surface area contributed by atoms with Crippen LogP contribution in [0.25, 0.3) is 0 Å². The average Bonchev–Trinajstić information content (AvgIpc) is 3.10. The first-order valence-corrected chi connectivity index (χ1v) is 10.2. The maximum Gasteiger partial charge on any atom is 0.312 e. The maximum absolute atomic E-state index is 12.5. The van der Waals surface area contributed by atoms with Crippen molar-refractivity contribution in [3.63, 3.8) is 0 Å². The van der Waals surface area contributed by atoms with Gasteiger partial charge in [0.25, 0.3) is 5.91 Å². The van der Waals surface area contributed by atoms with E-state index in [1.165, 1.54) is 6.92 Å². The second-order valence-electron chi connectivity index (χ2n) is 6.54. The summed E-state index contributed by atoms with van der Waals surface area (Å²) in [5.41, 5.74) is 1.40. The highest BCUT2D eigenvalue weighted by molar-refractivity contribution is 7.98. The number of ether oxygens (including phenoxy) is 1. The fourth-order valence-electron chi connectivity index (χ4n) is 2.98. The van der Waals surface area contributed by atoms with Gasteiger partial charge in [-0.25, -0.2) is 0 Å². The minimum absolute atomic E-state index is 0.0787. The van der Waals surface area contributed by atoms with E-state index in [-0.39, 0.29) is 18.9 Å². The second-order valence-corrected chi connectivity index (χ2v) is 7.42. The molecular formula is C21H22N2O4S. The van der Waals surface area contributed by atoms with Gasteiger partial charge in [0.05, 0.1) is 5.92 Å². The summed E-state index contributed by atoms with van der Waals surface area (Å²) in [5.74, 6) is -1.65. The van der Waals surface area contributed by atoms with E-state index in [2.05, 4.69) is 5.32 Å². The number of carbonyl (C=O) groups is 3. The van der Waals surface area contributed by atoms with Gasteiger partial charge >= 0.3 is 5.97 Å². The third kappa shape index (κ3) is 4.72. The van der Waals surface area contributed by atoms with Crippen molar-refractivity contribution in [1.29, 1.82) is 0 Å². The summed E-state index contributed by atoms with van der Waals surface area (Å²) in [6, 6.07) is 16.6. The van der Waals surface area contributed by atoms with Crippen LogP contribution in [-0.2, 0) is 19.1 Å². The first-order valence-electron chi connectivity index (χ1n) is 8.98. The molecule has 0 saturated carbocycles. The lowest BCUT2D eigenvalue weighted by molar-refractivity contribution is -0.157. The lowest BCUT2D eigenvalue weighted by Crippen LogP contribution is -2.33. The lowest BCUT2D eigenvalue weighted by atomic mass is 10.1. The number of nitrogens with zero attached hydrogens (tertiary/aromatic N) is 1. The van der Waals surface area contributed by atoms with E-state index in [0.29, 0.717) is 5.69 Å². The highest BCUT2D eigenvalue weighted by Crippen LogP contribution is 2.29. The predicted molar refractivity (Wildman–Crippen MR) is 109 cm³/mol. The molecule has 2 atom stereocenters. The van der Waals surface area contributed by atoms with Crippen molar-refractivity contribution in [2.75, 3.05) is 23.0 Å². The number of amides is 2. The summed E-state index contributed by atoms with van der Waals surface area (Å²) in [6.45, 7) is 1.77. The first kappa shape index (κ1) is 19.9. The Labute approximate surface area is 168 Å². The topological polar surface area (TPSA) is 75.7 Å². The number of anilines is 2. The Kier molecular flexibility index (Phi) is 6.36. The van der Waals surface area contributed by atoms with E-state index in [4.69, 9.17) is 4.74 Å². The molecule has 1 aliphatic rings. The molecule has 2 aromatic carbocycles. The quantitative estimate of drug-likeness (QED) is 0.597. The highest BCUT2D eigenvalue weighted by atomic mass is 32.2. The largest absolute Gasteiger partial charge is 0.452 e. The summed E-state index contributed by atoms with van der Waals surface area (Å²) in [6.07, 6.45) is 1.10. The molecule has 28 heavy (non-hydrogen) atoms. The minimum Gasteiger partial charge on any atom is -0.452 e. The molecule has 0 aliphatic carbocycles. The molecule has 1 aliphatic heterocycles. The van der Waals surface area contributed by atoms with Crippen LogP contribution in [0.5, 0.6) is 0 Å². The summed E-state index contributed by atoms with van der Waals surface area (Å²) >= 11 is 1.59. The van der Waals surface area contributed by atoms with Gasteiger partial charge < -0.3 is 15.0 Å². The Morgan fingerprint density at radius 1 is 1.18 bits per heavy atom. The standard InChI is InChI=1S/C21H22N2O4S/c1-14(20(25)22-16-7-4-3-5-8-16)27-21(26)15-11-19(24)23(13-15)17-9-6-10-18(12-17)28-2/h3-10,12,14-15H,11,13H2,1-2H3,(H,22,25)/t14-,15-/m1/s1. The zero-order valence-corrected chi connectivity index (χ0v) is 16.6. The van der Waals surface area contributed by atoms with Crippen molar-refractivity contribution in [3.05, 3.63) is 54.6 Å². The van der Waals surface area contributed by atoms with Crippen LogP contribution in [0.15, 0.2) is 59.5 Å². The Morgan fingerprint density at radius 2 is 1.93 bits per heavy atom. The van der Waals surface area contributed by atoms with Crippen LogP contribution in [0.2, 0.25) is 0 Å². The summed E-state index contributed by atoms with van der Waals surface area (Å²) in [5, 5.41) is 2.70. The number of carbonyl (C=O) groups excluding carboxylic acids is 3. The Morgan fingerprint density at radius 3 is 2.64 bits per heavy atom. The van der Waals surface area contributed by atoms with Crippen LogP contribution < -0.4 is 10.2 Å². The molecule has 0 radical (unpaired) electrons. The first-order chi connectivity index (χ1) is 13.5. The molecule has 6 nitrogen and oxygen atoms in total. The number of hydrogen-bond donors (Lipinski definition) is 1. The van der Waals surface area contributed by atoms with Crippen LogP contribution in [0.4, 0.5) is 11.4 Å². The highest BCUT2D eigenvalue weighted by Gasteiger charge is 2.37. The summed E-state index contributed by atoms with van der Waals surface area (Å²) in [4.78, 5) is 39.7. The summed E-state index contributed by atoms with van der Waals surface area (Å²) in [7, 11) is 0. The number of benzene rings is 2. The van der Waals surface area contributed by atoms with E-state index >= 15 is 0 Å². The van der Waals surface area contributed by atoms with E-state index in [1.807, 2.05) is 36.6 Å². The van der Waals surface area contributed by atoms with E-state index < -0.39 is 23.9 Å². The fraction of sp³-hybridized carbons (Fsp3) is 0.286. The van der Waals surface area contributed by atoms with Gasteiger partial charge in [0.2, 0.25) is 5.91 Å². The smallest absolute Gasteiger partial charge is 0.312 e. The van der Waals surface area contributed by atoms with Crippen LogP contribution in [-0.4, -0.2) is 36.7 Å². The van der Waals surface area contributed by atoms with Crippen molar-refractivity contribution in [3.8, 4) is 0 Å². The van der Waals surface area contributed by atoms with Crippen LogP contribution >= 0.6 is 11.8 Å². The van der Waals surface area contributed by atoms with Crippen LogP contribution in [0.1, 0.15) is 13.3 Å². The zero-order chi connectivity index (χ0) is 20.1. The normalized spacial score (nSPS) is 17.3. The van der Waals surface area contributed by atoms with Gasteiger partial charge in [-0.3, -0.25) is 14.4 Å². The van der Waals surface area contributed by atoms with Crippen molar-refractivity contribution < 1.29 is 19.1 Å². The predicted octanol–water partition coefficient (Wildman–Crippen LogP) is 3.33. The molecule has 1 saturated heterocycles. The molecule has 3 rings (SSSR count). The van der Waals surface area contributed by atoms with Gasteiger partial charge in [0.15, 0.2) is 6.10 Å². The number of hydrogen-bond acceptors (Lipinski definition) is 5. The molecule has 1 fully saturated rings. The third-order valence-electron chi connectivity index (χ3n) is 4.53.